The van der Waals surface area contributed by atoms with Crippen molar-refractivity contribution in [3.8, 4) is 0 Å². The summed E-state index contributed by atoms with van der Waals surface area (Å²) >= 11 is 0. The van der Waals surface area contributed by atoms with Crippen LogP contribution in [-0.2, 0) is 9.47 Å². The van der Waals surface area contributed by atoms with Crippen LogP contribution in [0.3, 0.4) is 0 Å². The van der Waals surface area contributed by atoms with Crippen molar-refractivity contribution in [3.63, 3.8) is 0 Å². The van der Waals surface area contributed by atoms with Crippen molar-refractivity contribution >= 4 is 0 Å². The zero-order chi connectivity index (χ0) is 15.0. The minimum absolute atomic E-state index is 0.0719. The van der Waals surface area contributed by atoms with Gasteiger partial charge in [0.2, 0.25) is 0 Å². The predicted octanol–water partition coefficient (Wildman–Crippen LogP) is 3.91. The van der Waals surface area contributed by atoms with Crippen molar-refractivity contribution in [2.24, 2.45) is 5.92 Å². The first kappa shape index (κ1) is 17.2. The summed E-state index contributed by atoms with van der Waals surface area (Å²) in [5.74, 6) is 0.718. The second-order valence-electron chi connectivity index (χ2n) is 6.79. The van der Waals surface area contributed by atoms with Crippen LogP contribution in [0.15, 0.2) is 0 Å². The quantitative estimate of drug-likeness (QED) is 0.723. The van der Waals surface area contributed by atoms with Crippen LogP contribution >= 0.6 is 0 Å². The summed E-state index contributed by atoms with van der Waals surface area (Å²) in [5.41, 5.74) is 0.0719. The molecule has 3 nitrogen and oxygen atoms in total. The Bertz CT molecular complexity index is 268. The first-order chi connectivity index (χ1) is 10.3. The van der Waals surface area contributed by atoms with Crippen LogP contribution in [0.5, 0.6) is 0 Å². The van der Waals surface area contributed by atoms with Crippen LogP contribution in [0.2, 0.25) is 0 Å². The zero-order valence-corrected chi connectivity index (χ0v) is 14.2. The molecule has 0 aromatic rings. The molecule has 1 aliphatic heterocycles. The minimum Gasteiger partial charge on any atom is -0.381 e. The van der Waals surface area contributed by atoms with E-state index in [0.29, 0.717) is 6.04 Å². The Morgan fingerprint density at radius 1 is 1.10 bits per heavy atom. The SMILES string of the molecule is CCCNC(C1CCOCC1)C1(OCC)CCCCCC1. The van der Waals surface area contributed by atoms with Crippen molar-refractivity contribution in [3.05, 3.63) is 0 Å². The van der Waals surface area contributed by atoms with E-state index in [2.05, 4.69) is 19.2 Å². The van der Waals surface area contributed by atoms with Crippen LogP contribution < -0.4 is 5.32 Å². The molecule has 2 rings (SSSR count). The molecule has 1 saturated carbocycles. The summed E-state index contributed by atoms with van der Waals surface area (Å²) < 4.78 is 12.1. The lowest BCUT2D eigenvalue weighted by Crippen LogP contribution is -2.57. The number of hydrogen-bond donors (Lipinski definition) is 1. The predicted molar refractivity (Wildman–Crippen MR) is 87.7 cm³/mol. The topological polar surface area (TPSA) is 30.5 Å². The summed E-state index contributed by atoms with van der Waals surface area (Å²) in [5, 5.41) is 3.88. The normalized spacial score (nSPS) is 25.4. The number of nitrogens with one attached hydrogen (secondary N) is 1. The fourth-order valence-corrected chi connectivity index (χ4v) is 4.29. The molecular weight excluding hydrogens is 262 g/mol. The molecule has 0 spiro atoms. The maximum atomic E-state index is 6.46. The maximum Gasteiger partial charge on any atom is 0.0837 e. The highest BCUT2D eigenvalue weighted by atomic mass is 16.5. The minimum atomic E-state index is 0.0719. The first-order valence-corrected chi connectivity index (χ1v) is 9.27. The summed E-state index contributed by atoms with van der Waals surface area (Å²) in [7, 11) is 0. The van der Waals surface area contributed by atoms with Crippen LogP contribution in [0.25, 0.3) is 0 Å². The third-order valence-electron chi connectivity index (χ3n) is 5.30. The zero-order valence-electron chi connectivity index (χ0n) is 14.2. The lowest BCUT2D eigenvalue weighted by molar-refractivity contribution is -0.100. The maximum absolute atomic E-state index is 6.46. The van der Waals surface area contributed by atoms with E-state index in [1.807, 2.05) is 0 Å². The van der Waals surface area contributed by atoms with Gasteiger partial charge >= 0.3 is 0 Å². The van der Waals surface area contributed by atoms with Gasteiger partial charge in [0.1, 0.15) is 0 Å². The molecule has 21 heavy (non-hydrogen) atoms. The smallest absolute Gasteiger partial charge is 0.0837 e. The van der Waals surface area contributed by atoms with Crippen LogP contribution in [0.1, 0.15) is 71.6 Å². The molecule has 0 amide bonds. The van der Waals surface area contributed by atoms with Crippen molar-refractivity contribution in [1.29, 1.82) is 0 Å². The van der Waals surface area contributed by atoms with E-state index < -0.39 is 0 Å². The Morgan fingerprint density at radius 2 is 1.76 bits per heavy atom. The Hall–Kier alpha value is -0.120. The lowest BCUT2D eigenvalue weighted by Gasteiger charge is -2.45. The molecule has 2 fully saturated rings. The van der Waals surface area contributed by atoms with E-state index in [0.717, 1.165) is 32.3 Å². The highest BCUT2D eigenvalue weighted by Crippen LogP contribution is 2.38. The summed E-state index contributed by atoms with van der Waals surface area (Å²) in [6.45, 7) is 8.22. The third-order valence-corrected chi connectivity index (χ3v) is 5.30. The van der Waals surface area contributed by atoms with Gasteiger partial charge < -0.3 is 14.8 Å². The van der Waals surface area contributed by atoms with Gasteiger partial charge in [0, 0.05) is 25.9 Å². The van der Waals surface area contributed by atoms with Gasteiger partial charge in [-0.25, -0.2) is 0 Å². The van der Waals surface area contributed by atoms with Gasteiger partial charge in [-0.05, 0) is 51.5 Å². The van der Waals surface area contributed by atoms with Gasteiger partial charge in [-0.2, -0.15) is 0 Å². The van der Waals surface area contributed by atoms with Gasteiger partial charge in [-0.1, -0.05) is 32.6 Å². The van der Waals surface area contributed by atoms with Crippen LogP contribution in [0.4, 0.5) is 0 Å². The molecular formula is C18H35NO2. The Balaban J connectivity index is 2.15. The molecule has 1 atom stereocenters. The summed E-state index contributed by atoms with van der Waals surface area (Å²) in [4.78, 5) is 0. The molecule has 0 aromatic heterocycles. The Labute approximate surface area is 131 Å². The fourth-order valence-electron chi connectivity index (χ4n) is 4.29. The standard InChI is InChI=1S/C18H35NO2/c1-3-13-19-17(16-9-14-20-15-10-16)18(21-4-2)11-7-5-6-8-12-18/h16-17,19H,3-15H2,1-2H3. The number of ether oxygens (including phenoxy) is 2. The van der Waals surface area contributed by atoms with Crippen LogP contribution in [-0.4, -0.2) is 38.0 Å². The van der Waals surface area contributed by atoms with Gasteiger partial charge in [-0.15, -0.1) is 0 Å². The van der Waals surface area contributed by atoms with E-state index in [1.54, 1.807) is 0 Å². The second-order valence-corrected chi connectivity index (χ2v) is 6.79. The number of rotatable bonds is 7. The average Bonchev–Trinajstić information content (AvgIpc) is 2.76. The molecule has 3 heteroatoms. The van der Waals surface area contributed by atoms with Crippen molar-refractivity contribution in [1.82, 2.24) is 5.32 Å². The van der Waals surface area contributed by atoms with E-state index in [-0.39, 0.29) is 5.60 Å². The molecule has 1 N–H and O–H groups in total. The Kier molecular flexibility index (Phi) is 7.48. The highest BCUT2D eigenvalue weighted by molar-refractivity contribution is 4.98. The van der Waals surface area contributed by atoms with E-state index in [1.165, 1.54) is 57.8 Å². The van der Waals surface area contributed by atoms with Gasteiger partial charge in [0.05, 0.1) is 5.60 Å². The van der Waals surface area contributed by atoms with E-state index in [9.17, 15) is 0 Å². The molecule has 0 aromatic carbocycles. The average molecular weight is 297 g/mol. The molecule has 1 aliphatic carbocycles. The second kappa shape index (κ2) is 9.12. The molecule has 124 valence electrons. The molecule has 0 radical (unpaired) electrons. The largest absolute Gasteiger partial charge is 0.381 e. The van der Waals surface area contributed by atoms with Gasteiger partial charge in [-0.3, -0.25) is 0 Å². The molecule has 1 heterocycles. The molecule has 1 unspecified atom stereocenters. The van der Waals surface area contributed by atoms with Crippen molar-refractivity contribution < 1.29 is 9.47 Å². The monoisotopic (exact) mass is 297 g/mol. The number of hydrogen-bond acceptors (Lipinski definition) is 3. The Morgan fingerprint density at radius 3 is 2.33 bits per heavy atom. The lowest BCUT2D eigenvalue weighted by atomic mass is 9.76. The fraction of sp³-hybridized carbons (Fsp3) is 1.00. The van der Waals surface area contributed by atoms with Crippen molar-refractivity contribution in [2.75, 3.05) is 26.4 Å². The van der Waals surface area contributed by atoms with E-state index >= 15 is 0 Å². The first-order valence-electron chi connectivity index (χ1n) is 9.27. The molecule has 2 aliphatic rings. The third kappa shape index (κ3) is 4.67. The highest BCUT2D eigenvalue weighted by Gasteiger charge is 2.43. The summed E-state index contributed by atoms with van der Waals surface area (Å²) in [6.07, 6.45) is 11.5. The van der Waals surface area contributed by atoms with Crippen molar-refractivity contribution in [2.45, 2.75) is 83.3 Å². The van der Waals surface area contributed by atoms with Gasteiger partial charge in [0.15, 0.2) is 0 Å². The summed E-state index contributed by atoms with van der Waals surface area (Å²) in [6, 6.07) is 0.513. The molecule has 0 bridgehead atoms. The van der Waals surface area contributed by atoms with Crippen LogP contribution in [0, 0.1) is 5.92 Å². The molecule has 1 saturated heterocycles. The van der Waals surface area contributed by atoms with Gasteiger partial charge in [0.25, 0.3) is 0 Å². The van der Waals surface area contributed by atoms with E-state index in [4.69, 9.17) is 9.47 Å².